The second-order valence-corrected chi connectivity index (χ2v) is 6.29. The Morgan fingerprint density at radius 3 is 3.08 bits per heavy atom. The van der Waals surface area contributed by atoms with Crippen LogP contribution in [0, 0.1) is 18.3 Å². The molecule has 0 saturated carbocycles. The first-order chi connectivity index (χ1) is 12.6. The molecular formula is C17H16N8O. The Morgan fingerprint density at radius 2 is 2.23 bits per heavy atom. The van der Waals surface area contributed by atoms with E-state index in [2.05, 4.69) is 43.8 Å². The molecule has 0 unspecified atom stereocenters. The highest BCUT2D eigenvalue weighted by Crippen LogP contribution is 2.22. The number of nitrogens with one attached hydrogen (secondary N) is 1. The Bertz CT molecular complexity index is 1010. The summed E-state index contributed by atoms with van der Waals surface area (Å²) in [6.07, 6.45) is 8.49. The van der Waals surface area contributed by atoms with Crippen LogP contribution in [0.1, 0.15) is 22.8 Å². The number of carbonyl (C=O) groups excluding carboxylic acids is 1. The van der Waals surface area contributed by atoms with E-state index >= 15 is 0 Å². The second-order valence-electron chi connectivity index (χ2n) is 6.29. The van der Waals surface area contributed by atoms with Crippen molar-refractivity contribution < 1.29 is 4.79 Å². The van der Waals surface area contributed by atoms with Gasteiger partial charge in [0, 0.05) is 37.1 Å². The van der Waals surface area contributed by atoms with Gasteiger partial charge in [-0.3, -0.25) is 9.78 Å². The standard InChI is InChI=1S/C17H16N8O/c1-3-12-6-13(8-18-7-12)17(26)24-9-11(2)14(10-24)19-15-4-5-16-20-22-23-25(16)21-15/h1,4-8,11,14H,9-10H2,2H3,(H,19,21)/t11-,14-/m0/s1. The van der Waals surface area contributed by atoms with Crippen molar-refractivity contribution in [3.8, 4) is 12.3 Å². The zero-order valence-corrected chi connectivity index (χ0v) is 14.1. The summed E-state index contributed by atoms with van der Waals surface area (Å²) in [5, 5.41) is 18.9. The predicted molar refractivity (Wildman–Crippen MR) is 93.2 cm³/mol. The van der Waals surface area contributed by atoms with Crippen molar-refractivity contribution in [3.05, 3.63) is 41.7 Å². The number of terminal acetylenes is 1. The van der Waals surface area contributed by atoms with Crippen molar-refractivity contribution in [2.75, 3.05) is 18.4 Å². The van der Waals surface area contributed by atoms with Gasteiger partial charge < -0.3 is 10.2 Å². The lowest BCUT2D eigenvalue weighted by molar-refractivity contribution is 0.0787. The molecule has 1 aliphatic heterocycles. The fraction of sp³-hybridized carbons (Fsp3) is 0.294. The van der Waals surface area contributed by atoms with Crippen molar-refractivity contribution in [2.45, 2.75) is 13.0 Å². The minimum atomic E-state index is -0.0744. The summed E-state index contributed by atoms with van der Waals surface area (Å²) < 4.78 is 1.36. The molecule has 4 heterocycles. The molecule has 130 valence electrons. The fourth-order valence-electron chi connectivity index (χ4n) is 3.06. The highest BCUT2D eigenvalue weighted by atomic mass is 16.2. The minimum absolute atomic E-state index is 0.0733. The van der Waals surface area contributed by atoms with Gasteiger partial charge >= 0.3 is 0 Å². The molecule has 0 bridgehead atoms. The molecule has 0 aromatic carbocycles. The summed E-state index contributed by atoms with van der Waals surface area (Å²) in [4.78, 5) is 18.6. The molecule has 1 N–H and O–H groups in total. The van der Waals surface area contributed by atoms with Crippen LogP contribution in [0.25, 0.3) is 5.65 Å². The lowest BCUT2D eigenvalue weighted by atomic mass is 10.1. The predicted octanol–water partition coefficient (Wildman–Crippen LogP) is 0.468. The van der Waals surface area contributed by atoms with Gasteiger partial charge in [-0.1, -0.05) is 12.8 Å². The number of fused-ring (bicyclic) bond motifs is 1. The second kappa shape index (κ2) is 6.40. The molecule has 2 atom stereocenters. The van der Waals surface area contributed by atoms with Crippen LogP contribution < -0.4 is 5.32 Å². The number of amides is 1. The van der Waals surface area contributed by atoms with Gasteiger partial charge in [0.25, 0.3) is 5.91 Å². The molecule has 26 heavy (non-hydrogen) atoms. The molecule has 1 amide bonds. The van der Waals surface area contributed by atoms with E-state index in [1.54, 1.807) is 29.4 Å². The van der Waals surface area contributed by atoms with Gasteiger partial charge in [0.2, 0.25) is 0 Å². The van der Waals surface area contributed by atoms with Crippen LogP contribution in [0.5, 0.6) is 0 Å². The summed E-state index contributed by atoms with van der Waals surface area (Å²) >= 11 is 0. The number of hydrogen-bond acceptors (Lipinski definition) is 7. The maximum Gasteiger partial charge on any atom is 0.255 e. The summed E-state index contributed by atoms with van der Waals surface area (Å²) in [6, 6.07) is 5.37. The number of aromatic nitrogens is 6. The normalized spacial score (nSPS) is 19.5. The van der Waals surface area contributed by atoms with E-state index in [0.29, 0.717) is 35.7 Å². The number of tetrazole rings is 1. The Kier molecular flexibility index (Phi) is 3.93. The van der Waals surface area contributed by atoms with E-state index in [9.17, 15) is 4.79 Å². The van der Waals surface area contributed by atoms with Crippen LogP contribution in [-0.2, 0) is 0 Å². The molecule has 9 nitrogen and oxygen atoms in total. The molecular weight excluding hydrogens is 332 g/mol. The van der Waals surface area contributed by atoms with Crippen molar-refractivity contribution in [1.29, 1.82) is 0 Å². The molecule has 9 heteroatoms. The number of pyridine rings is 1. The summed E-state index contributed by atoms with van der Waals surface area (Å²) in [6.45, 7) is 3.30. The molecule has 0 spiro atoms. The molecule has 3 aromatic rings. The third kappa shape index (κ3) is 2.93. The van der Waals surface area contributed by atoms with Crippen LogP contribution in [0.15, 0.2) is 30.6 Å². The number of rotatable bonds is 3. The average molecular weight is 348 g/mol. The Labute approximate surface area is 149 Å². The summed E-state index contributed by atoms with van der Waals surface area (Å²) in [5.41, 5.74) is 1.67. The third-order valence-electron chi connectivity index (χ3n) is 4.45. The van der Waals surface area contributed by atoms with Gasteiger partial charge in [-0.05, 0) is 34.5 Å². The zero-order chi connectivity index (χ0) is 18.1. The first-order valence-corrected chi connectivity index (χ1v) is 8.17. The number of hydrogen-bond donors (Lipinski definition) is 1. The van der Waals surface area contributed by atoms with E-state index < -0.39 is 0 Å². The first-order valence-electron chi connectivity index (χ1n) is 8.17. The lowest BCUT2D eigenvalue weighted by Gasteiger charge is -2.17. The maximum atomic E-state index is 12.7. The van der Waals surface area contributed by atoms with Crippen LogP contribution in [-0.4, -0.2) is 60.2 Å². The monoisotopic (exact) mass is 348 g/mol. The van der Waals surface area contributed by atoms with E-state index in [1.165, 1.54) is 4.63 Å². The molecule has 3 aromatic heterocycles. The first kappa shape index (κ1) is 16.0. The van der Waals surface area contributed by atoms with E-state index in [4.69, 9.17) is 6.42 Å². The Hall–Kier alpha value is -3.54. The van der Waals surface area contributed by atoms with Crippen LogP contribution in [0.2, 0.25) is 0 Å². The molecule has 1 saturated heterocycles. The van der Waals surface area contributed by atoms with Crippen LogP contribution in [0.4, 0.5) is 5.82 Å². The number of carbonyl (C=O) groups is 1. The number of anilines is 1. The van der Waals surface area contributed by atoms with Crippen LogP contribution >= 0.6 is 0 Å². The fourth-order valence-corrected chi connectivity index (χ4v) is 3.06. The van der Waals surface area contributed by atoms with Crippen molar-refractivity contribution in [1.82, 2.24) is 35.1 Å². The van der Waals surface area contributed by atoms with Gasteiger partial charge in [0.1, 0.15) is 5.82 Å². The summed E-state index contributed by atoms with van der Waals surface area (Å²) in [7, 11) is 0. The van der Waals surface area contributed by atoms with Gasteiger partial charge in [-0.15, -0.1) is 21.3 Å². The number of likely N-dealkylation sites (tertiary alicyclic amines) is 1. The summed E-state index contributed by atoms with van der Waals surface area (Å²) in [5.74, 6) is 3.35. The minimum Gasteiger partial charge on any atom is -0.364 e. The van der Waals surface area contributed by atoms with Gasteiger partial charge in [0.05, 0.1) is 5.56 Å². The highest BCUT2D eigenvalue weighted by Gasteiger charge is 2.33. The molecule has 0 aliphatic carbocycles. The van der Waals surface area contributed by atoms with Crippen LogP contribution in [0.3, 0.4) is 0 Å². The van der Waals surface area contributed by atoms with E-state index in [1.807, 2.05) is 6.07 Å². The molecule has 1 fully saturated rings. The topological polar surface area (TPSA) is 101 Å². The quantitative estimate of drug-likeness (QED) is 0.687. The van der Waals surface area contributed by atoms with E-state index in [0.717, 1.165) is 0 Å². The molecule has 4 rings (SSSR count). The van der Waals surface area contributed by atoms with Gasteiger partial charge in [-0.25, -0.2) is 0 Å². The lowest BCUT2D eigenvalue weighted by Crippen LogP contribution is -2.32. The largest absolute Gasteiger partial charge is 0.364 e. The van der Waals surface area contributed by atoms with Gasteiger partial charge in [-0.2, -0.15) is 0 Å². The van der Waals surface area contributed by atoms with Crippen molar-refractivity contribution in [2.24, 2.45) is 5.92 Å². The highest BCUT2D eigenvalue weighted by molar-refractivity contribution is 5.94. The van der Waals surface area contributed by atoms with E-state index in [-0.39, 0.29) is 17.9 Å². The Balaban J connectivity index is 1.48. The SMILES string of the molecule is C#Cc1cncc(C(=O)N2C[C@H](Nc3ccc4nnnn4n3)[C@@H](C)C2)c1. The number of nitrogens with zero attached hydrogens (tertiary/aromatic N) is 7. The Morgan fingerprint density at radius 1 is 1.35 bits per heavy atom. The van der Waals surface area contributed by atoms with Crippen molar-refractivity contribution >= 4 is 17.4 Å². The molecule has 0 radical (unpaired) electrons. The third-order valence-corrected chi connectivity index (χ3v) is 4.45. The van der Waals surface area contributed by atoms with Crippen molar-refractivity contribution in [3.63, 3.8) is 0 Å². The average Bonchev–Trinajstić information content (AvgIpc) is 3.27. The maximum absolute atomic E-state index is 12.7. The zero-order valence-electron chi connectivity index (χ0n) is 14.1. The smallest absolute Gasteiger partial charge is 0.255 e. The van der Waals surface area contributed by atoms with Gasteiger partial charge in [0.15, 0.2) is 5.65 Å². The molecule has 1 aliphatic rings.